The van der Waals surface area contributed by atoms with Crippen LogP contribution in [0.3, 0.4) is 0 Å². The molecule has 3 heteroatoms. The van der Waals surface area contributed by atoms with Gasteiger partial charge in [-0.25, -0.2) is 0 Å². The van der Waals surface area contributed by atoms with Gasteiger partial charge in [0.2, 0.25) is 0 Å². The number of hydrogen-bond donors (Lipinski definition) is 0. The summed E-state index contributed by atoms with van der Waals surface area (Å²) in [6, 6.07) is 0. The molecule has 0 aromatic rings. The van der Waals surface area contributed by atoms with Gasteiger partial charge in [-0.1, -0.05) is 25.5 Å². The quantitative estimate of drug-likeness (QED) is 0.562. The number of halogens is 3. The minimum Gasteiger partial charge on any atom is -0.170 e. The Kier molecular flexibility index (Phi) is 3.63. The van der Waals surface area contributed by atoms with Crippen LogP contribution in [0.1, 0.15) is 26.7 Å². The summed E-state index contributed by atoms with van der Waals surface area (Å²) in [6.45, 7) is 6.48. The van der Waals surface area contributed by atoms with Crippen LogP contribution in [0.4, 0.5) is 13.2 Å². The zero-order valence-electron chi connectivity index (χ0n) is 6.83. The zero-order chi connectivity index (χ0) is 9.07. The van der Waals surface area contributed by atoms with E-state index in [4.69, 9.17) is 0 Å². The number of rotatable bonds is 3. The van der Waals surface area contributed by atoms with Crippen LogP contribution < -0.4 is 0 Å². The van der Waals surface area contributed by atoms with E-state index in [2.05, 4.69) is 6.58 Å². The minimum absolute atomic E-state index is 0.152. The van der Waals surface area contributed by atoms with Gasteiger partial charge in [-0.2, -0.15) is 13.2 Å². The fourth-order valence-corrected chi connectivity index (χ4v) is 0.978. The second kappa shape index (κ2) is 3.79. The molecule has 11 heavy (non-hydrogen) atoms. The molecule has 0 spiro atoms. The first-order chi connectivity index (χ1) is 4.89. The SMILES string of the molecule is C=C(C)[C@H](CCC)C(F)(F)F. The maximum Gasteiger partial charge on any atom is 0.395 e. The topological polar surface area (TPSA) is 0 Å². The molecule has 0 amide bonds. The van der Waals surface area contributed by atoms with Crippen molar-refractivity contribution in [1.29, 1.82) is 0 Å². The Balaban J connectivity index is 4.22. The van der Waals surface area contributed by atoms with Crippen molar-refractivity contribution in [1.82, 2.24) is 0 Å². The van der Waals surface area contributed by atoms with Crippen LogP contribution in [-0.2, 0) is 0 Å². The second-order valence-corrected chi connectivity index (χ2v) is 2.73. The van der Waals surface area contributed by atoms with Crippen LogP contribution in [0.2, 0.25) is 0 Å². The van der Waals surface area contributed by atoms with Gasteiger partial charge in [-0.3, -0.25) is 0 Å². The predicted molar refractivity (Wildman–Crippen MR) is 39.3 cm³/mol. The van der Waals surface area contributed by atoms with Crippen LogP contribution in [0.25, 0.3) is 0 Å². The highest BCUT2D eigenvalue weighted by Crippen LogP contribution is 2.34. The van der Waals surface area contributed by atoms with Gasteiger partial charge in [0.1, 0.15) is 0 Å². The van der Waals surface area contributed by atoms with E-state index in [1.807, 2.05) is 0 Å². The molecule has 0 N–H and O–H groups in total. The average Bonchev–Trinajstić information content (AvgIpc) is 1.79. The Morgan fingerprint density at radius 1 is 1.45 bits per heavy atom. The summed E-state index contributed by atoms with van der Waals surface area (Å²) >= 11 is 0. The Bertz CT molecular complexity index is 135. The largest absolute Gasteiger partial charge is 0.395 e. The molecule has 0 saturated carbocycles. The van der Waals surface area contributed by atoms with E-state index in [1.165, 1.54) is 6.92 Å². The molecular formula is C8H13F3. The molecule has 0 aliphatic heterocycles. The Hall–Kier alpha value is -0.470. The van der Waals surface area contributed by atoms with E-state index in [9.17, 15) is 13.2 Å². The van der Waals surface area contributed by atoms with E-state index in [0.717, 1.165) is 0 Å². The molecule has 0 unspecified atom stereocenters. The monoisotopic (exact) mass is 166 g/mol. The van der Waals surface area contributed by atoms with Crippen molar-refractivity contribution in [3.8, 4) is 0 Å². The predicted octanol–water partition coefficient (Wildman–Crippen LogP) is 3.54. The molecule has 66 valence electrons. The molecular weight excluding hydrogens is 153 g/mol. The maximum atomic E-state index is 12.1. The normalized spacial score (nSPS) is 14.6. The van der Waals surface area contributed by atoms with E-state index in [0.29, 0.717) is 6.42 Å². The summed E-state index contributed by atoms with van der Waals surface area (Å²) in [7, 11) is 0. The van der Waals surface area contributed by atoms with Crippen molar-refractivity contribution < 1.29 is 13.2 Å². The number of alkyl halides is 3. The van der Waals surface area contributed by atoms with Crippen LogP contribution in [0.15, 0.2) is 12.2 Å². The first kappa shape index (κ1) is 10.5. The van der Waals surface area contributed by atoms with Crippen molar-refractivity contribution in [2.45, 2.75) is 32.9 Å². The van der Waals surface area contributed by atoms with Gasteiger partial charge in [-0.15, -0.1) is 0 Å². The van der Waals surface area contributed by atoms with Crippen LogP contribution in [0, 0.1) is 5.92 Å². The van der Waals surface area contributed by atoms with E-state index >= 15 is 0 Å². The molecule has 0 aliphatic rings. The molecule has 0 saturated heterocycles. The number of allylic oxidation sites excluding steroid dienone is 1. The average molecular weight is 166 g/mol. The van der Waals surface area contributed by atoms with Crippen LogP contribution in [-0.4, -0.2) is 6.18 Å². The first-order valence-corrected chi connectivity index (χ1v) is 3.61. The van der Waals surface area contributed by atoms with Gasteiger partial charge in [0.25, 0.3) is 0 Å². The summed E-state index contributed by atoms with van der Waals surface area (Å²) in [4.78, 5) is 0. The van der Waals surface area contributed by atoms with Crippen LogP contribution >= 0.6 is 0 Å². The molecule has 0 nitrogen and oxygen atoms in total. The van der Waals surface area contributed by atoms with Gasteiger partial charge in [0.05, 0.1) is 5.92 Å². The third-order valence-electron chi connectivity index (χ3n) is 1.57. The lowest BCUT2D eigenvalue weighted by atomic mass is 9.96. The molecule has 0 radical (unpaired) electrons. The lowest BCUT2D eigenvalue weighted by molar-refractivity contribution is -0.165. The summed E-state index contributed by atoms with van der Waals surface area (Å²) < 4.78 is 36.3. The second-order valence-electron chi connectivity index (χ2n) is 2.73. The van der Waals surface area contributed by atoms with E-state index in [1.54, 1.807) is 6.92 Å². The van der Waals surface area contributed by atoms with Gasteiger partial charge in [0, 0.05) is 0 Å². The Morgan fingerprint density at radius 3 is 2.00 bits per heavy atom. The summed E-state index contributed by atoms with van der Waals surface area (Å²) in [5.41, 5.74) is 0.208. The first-order valence-electron chi connectivity index (χ1n) is 3.61. The van der Waals surface area contributed by atoms with Crippen molar-refractivity contribution in [3.63, 3.8) is 0 Å². The fraction of sp³-hybridized carbons (Fsp3) is 0.750. The van der Waals surface area contributed by atoms with Gasteiger partial charge < -0.3 is 0 Å². The van der Waals surface area contributed by atoms with Crippen molar-refractivity contribution in [2.24, 2.45) is 5.92 Å². The highest BCUT2D eigenvalue weighted by Gasteiger charge is 2.38. The third kappa shape index (κ3) is 3.44. The molecule has 0 aliphatic carbocycles. The minimum atomic E-state index is -4.11. The lowest BCUT2D eigenvalue weighted by Gasteiger charge is -2.19. The molecule has 0 fully saturated rings. The van der Waals surface area contributed by atoms with Gasteiger partial charge >= 0.3 is 6.18 Å². The third-order valence-corrected chi connectivity index (χ3v) is 1.57. The highest BCUT2D eigenvalue weighted by molar-refractivity contribution is 4.99. The maximum absolute atomic E-state index is 12.1. The summed E-state index contributed by atoms with van der Waals surface area (Å²) in [6.07, 6.45) is -3.42. The molecule has 0 aromatic carbocycles. The summed E-state index contributed by atoms with van der Waals surface area (Å²) in [5, 5.41) is 0. The standard InChI is InChI=1S/C8H13F3/c1-4-5-7(6(2)3)8(9,10)11/h7H,2,4-5H2,1,3H3/t7-/m0/s1. The Morgan fingerprint density at radius 2 is 1.91 bits per heavy atom. The van der Waals surface area contributed by atoms with E-state index in [-0.39, 0.29) is 12.0 Å². The van der Waals surface area contributed by atoms with Crippen molar-refractivity contribution in [2.75, 3.05) is 0 Å². The smallest absolute Gasteiger partial charge is 0.170 e. The molecule has 1 atom stereocenters. The fourth-order valence-electron chi connectivity index (χ4n) is 0.978. The van der Waals surface area contributed by atoms with Crippen LogP contribution in [0.5, 0.6) is 0 Å². The van der Waals surface area contributed by atoms with E-state index < -0.39 is 12.1 Å². The molecule has 0 bridgehead atoms. The summed E-state index contributed by atoms with van der Waals surface area (Å²) in [5.74, 6) is -1.31. The molecule has 0 rings (SSSR count). The molecule has 0 aromatic heterocycles. The Labute approximate surface area is 65.1 Å². The van der Waals surface area contributed by atoms with Gasteiger partial charge in [-0.05, 0) is 13.3 Å². The zero-order valence-corrected chi connectivity index (χ0v) is 6.83. The van der Waals surface area contributed by atoms with Crippen molar-refractivity contribution in [3.05, 3.63) is 12.2 Å². The van der Waals surface area contributed by atoms with Crippen molar-refractivity contribution >= 4 is 0 Å². The highest BCUT2D eigenvalue weighted by atomic mass is 19.4. The molecule has 0 heterocycles. The number of hydrogen-bond acceptors (Lipinski definition) is 0. The van der Waals surface area contributed by atoms with Gasteiger partial charge in [0.15, 0.2) is 0 Å². The lowest BCUT2D eigenvalue weighted by Crippen LogP contribution is -2.23.